The van der Waals surface area contributed by atoms with Crippen molar-refractivity contribution in [3.63, 3.8) is 0 Å². The minimum absolute atomic E-state index is 0.119. The Hall–Kier alpha value is -3.46. The van der Waals surface area contributed by atoms with Gasteiger partial charge in [0.25, 0.3) is 5.91 Å². The van der Waals surface area contributed by atoms with Gasteiger partial charge in [0.1, 0.15) is 35.9 Å². The van der Waals surface area contributed by atoms with Gasteiger partial charge in [-0.3, -0.25) is 28.9 Å². The quantitative estimate of drug-likeness (QED) is 0.131. The lowest BCUT2D eigenvalue weighted by atomic mass is 10.0. The predicted molar refractivity (Wildman–Crippen MR) is 114 cm³/mol. The van der Waals surface area contributed by atoms with E-state index in [1.807, 2.05) is 0 Å². The highest BCUT2D eigenvalue weighted by molar-refractivity contribution is 8.00. The summed E-state index contributed by atoms with van der Waals surface area (Å²) in [6, 6.07) is -2.22. The van der Waals surface area contributed by atoms with Crippen LogP contribution < -0.4 is 16.4 Å². The van der Waals surface area contributed by atoms with Crippen LogP contribution in [0.25, 0.3) is 0 Å². The number of nitrogens with one attached hydrogen (secondary N) is 2. The number of Topliss-reactive ketones (excluding diaryl/α,β-unsaturated/α-hetero) is 1. The van der Waals surface area contributed by atoms with E-state index in [0.29, 0.717) is 6.41 Å². The molecule has 3 amide bonds. The standard InChI is InChI=1S/C18H19N5O8S2/c1-7(25)2-10(26)31-3-8-4-32-16-12(15(28)23(16)13(8)17(29)30)22-14(27)11(20-6-24)9-5-33-18(19)21-9/h5-6,11-12,16H,2-4H2,1H3,(H2,19,21)(H,20,24)(H,22,27)(H,29,30)/t11?,12-,16+/m1/s1. The van der Waals surface area contributed by atoms with Gasteiger partial charge in [0, 0.05) is 16.7 Å². The van der Waals surface area contributed by atoms with Gasteiger partial charge in [-0.15, -0.1) is 23.1 Å². The molecule has 1 fully saturated rings. The molecule has 2 aliphatic heterocycles. The third-order valence-electron chi connectivity index (χ3n) is 4.68. The number of rotatable bonds is 10. The first-order chi connectivity index (χ1) is 15.6. The molecule has 0 saturated carbocycles. The topological polar surface area (TPSA) is 198 Å². The maximum atomic E-state index is 12.7. The highest BCUT2D eigenvalue weighted by Crippen LogP contribution is 2.40. The van der Waals surface area contributed by atoms with Crippen LogP contribution in [0.4, 0.5) is 5.13 Å². The fraction of sp³-hybridized carbons (Fsp3) is 0.389. The number of thioether (sulfide) groups is 1. The van der Waals surface area contributed by atoms with E-state index in [0.717, 1.165) is 16.2 Å². The molecule has 3 heterocycles. The molecule has 2 aliphatic rings. The Morgan fingerprint density at radius 2 is 2.15 bits per heavy atom. The van der Waals surface area contributed by atoms with Crippen molar-refractivity contribution < 1.29 is 38.6 Å². The van der Waals surface area contributed by atoms with Crippen molar-refractivity contribution in [2.75, 3.05) is 18.1 Å². The number of carbonyl (C=O) groups is 6. The average Bonchev–Trinajstić information content (AvgIpc) is 3.18. The van der Waals surface area contributed by atoms with Crippen LogP contribution in [0.15, 0.2) is 16.7 Å². The molecule has 33 heavy (non-hydrogen) atoms. The van der Waals surface area contributed by atoms with Crippen LogP contribution in [0.3, 0.4) is 0 Å². The summed E-state index contributed by atoms with van der Waals surface area (Å²) >= 11 is 2.25. The molecule has 1 aromatic heterocycles. The largest absolute Gasteiger partial charge is 0.477 e. The summed E-state index contributed by atoms with van der Waals surface area (Å²) in [6.45, 7) is 0.834. The van der Waals surface area contributed by atoms with Crippen molar-refractivity contribution >= 4 is 64.2 Å². The molecule has 0 spiro atoms. The normalized spacial score (nSPS) is 20.3. The summed E-state index contributed by atoms with van der Waals surface area (Å²) in [5.74, 6) is -3.86. The van der Waals surface area contributed by atoms with Crippen LogP contribution in [0.2, 0.25) is 0 Å². The Morgan fingerprint density at radius 3 is 2.73 bits per heavy atom. The third kappa shape index (κ3) is 5.14. The van der Waals surface area contributed by atoms with E-state index in [1.54, 1.807) is 0 Å². The summed E-state index contributed by atoms with van der Waals surface area (Å²) in [5, 5.41) is 15.4. The molecule has 0 radical (unpaired) electrons. The first-order valence-electron chi connectivity index (χ1n) is 9.40. The van der Waals surface area contributed by atoms with Crippen molar-refractivity contribution in [3.05, 3.63) is 22.3 Å². The molecule has 1 aromatic rings. The van der Waals surface area contributed by atoms with E-state index in [4.69, 9.17) is 10.5 Å². The van der Waals surface area contributed by atoms with E-state index in [-0.39, 0.29) is 34.5 Å². The molecule has 3 rings (SSSR count). The van der Waals surface area contributed by atoms with Crippen molar-refractivity contribution in [3.8, 4) is 0 Å². The Morgan fingerprint density at radius 1 is 1.42 bits per heavy atom. The van der Waals surface area contributed by atoms with Crippen LogP contribution in [0.5, 0.6) is 0 Å². The number of hydrogen-bond donors (Lipinski definition) is 4. The Bertz CT molecular complexity index is 1050. The number of aliphatic carboxylic acids is 1. The number of fused-ring (bicyclic) bond motifs is 1. The first-order valence-corrected chi connectivity index (χ1v) is 11.3. The lowest BCUT2D eigenvalue weighted by molar-refractivity contribution is -0.151. The maximum Gasteiger partial charge on any atom is 0.352 e. The van der Waals surface area contributed by atoms with Gasteiger partial charge in [0.2, 0.25) is 12.3 Å². The lowest BCUT2D eigenvalue weighted by Crippen LogP contribution is -2.71. The van der Waals surface area contributed by atoms with Crippen molar-refractivity contribution in [2.45, 2.75) is 30.8 Å². The first kappa shape index (κ1) is 24.2. The number of carbonyl (C=O) groups excluding carboxylic acids is 5. The number of nitrogens with two attached hydrogens (primary N) is 1. The van der Waals surface area contributed by atoms with Gasteiger partial charge in [-0.1, -0.05) is 0 Å². The van der Waals surface area contributed by atoms with Gasteiger partial charge >= 0.3 is 11.9 Å². The zero-order chi connectivity index (χ0) is 24.3. The number of ketones is 1. The maximum absolute atomic E-state index is 12.7. The third-order valence-corrected chi connectivity index (χ3v) is 6.71. The number of esters is 1. The molecule has 0 aliphatic carbocycles. The minimum atomic E-state index is -1.39. The number of carboxylic acids is 1. The number of aromatic nitrogens is 1. The van der Waals surface area contributed by atoms with Crippen LogP contribution in [0.1, 0.15) is 25.1 Å². The zero-order valence-electron chi connectivity index (χ0n) is 17.1. The SMILES string of the molecule is CC(=O)CC(=O)OCC1=C(C(=O)O)N2C(=O)[C@@H](NC(=O)C(NC=O)c3csc(N)n3)[C@@H]2SC1. The van der Waals surface area contributed by atoms with Gasteiger partial charge < -0.3 is 26.2 Å². The monoisotopic (exact) mass is 497 g/mol. The Balaban J connectivity index is 1.72. The lowest BCUT2D eigenvalue weighted by Gasteiger charge is -2.49. The van der Waals surface area contributed by atoms with Crippen LogP contribution in [-0.4, -0.2) is 74.7 Å². The number of β-lactam (4-membered cyclic amide) rings is 1. The van der Waals surface area contributed by atoms with E-state index in [2.05, 4.69) is 15.6 Å². The average molecular weight is 498 g/mol. The van der Waals surface area contributed by atoms with Gasteiger partial charge in [-0.2, -0.15) is 0 Å². The van der Waals surface area contributed by atoms with Gasteiger partial charge in [-0.05, 0) is 6.92 Å². The van der Waals surface area contributed by atoms with Crippen molar-refractivity contribution in [1.82, 2.24) is 20.5 Å². The van der Waals surface area contributed by atoms with E-state index in [1.165, 1.54) is 24.1 Å². The Kier molecular flexibility index (Phi) is 7.33. The summed E-state index contributed by atoms with van der Waals surface area (Å²) < 4.78 is 4.96. The van der Waals surface area contributed by atoms with E-state index < -0.39 is 53.4 Å². The molecule has 15 heteroatoms. The molecular formula is C18H19N5O8S2. The predicted octanol–water partition coefficient (Wildman–Crippen LogP) is -1.23. The summed E-state index contributed by atoms with van der Waals surface area (Å²) in [5.41, 5.74) is 5.63. The number of ether oxygens (including phenoxy) is 1. The van der Waals surface area contributed by atoms with Crippen LogP contribution in [0, 0.1) is 0 Å². The molecule has 5 N–H and O–H groups in total. The van der Waals surface area contributed by atoms with Crippen LogP contribution in [-0.2, 0) is 33.5 Å². The molecule has 0 bridgehead atoms. The van der Waals surface area contributed by atoms with E-state index in [9.17, 15) is 33.9 Å². The highest BCUT2D eigenvalue weighted by Gasteiger charge is 2.54. The molecule has 0 aromatic carbocycles. The fourth-order valence-corrected chi connectivity index (χ4v) is 5.17. The number of hydrogen-bond acceptors (Lipinski definition) is 11. The highest BCUT2D eigenvalue weighted by atomic mass is 32.2. The minimum Gasteiger partial charge on any atom is -0.477 e. The summed E-state index contributed by atoms with van der Waals surface area (Å²) in [6.07, 6.45) is -0.127. The molecule has 3 atom stereocenters. The second-order valence-electron chi connectivity index (χ2n) is 7.02. The number of anilines is 1. The smallest absolute Gasteiger partial charge is 0.352 e. The fourth-order valence-electron chi connectivity index (χ4n) is 3.25. The van der Waals surface area contributed by atoms with Crippen LogP contribution >= 0.6 is 23.1 Å². The number of thiazole rings is 1. The molecule has 1 unspecified atom stereocenters. The summed E-state index contributed by atoms with van der Waals surface area (Å²) in [4.78, 5) is 75.8. The summed E-state index contributed by atoms with van der Waals surface area (Å²) in [7, 11) is 0. The molecule has 13 nitrogen and oxygen atoms in total. The van der Waals surface area contributed by atoms with E-state index >= 15 is 0 Å². The number of carboxylic acid groups (broad SMARTS) is 1. The second kappa shape index (κ2) is 9.99. The Labute approximate surface area is 194 Å². The van der Waals surface area contributed by atoms with Gasteiger partial charge in [-0.25, -0.2) is 9.78 Å². The van der Waals surface area contributed by atoms with Gasteiger partial charge in [0.15, 0.2) is 11.2 Å². The number of nitrogens with zero attached hydrogens (tertiary/aromatic N) is 2. The van der Waals surface area contributed by atoms with Gasteiger partial charge in [0.05, 0.1) is 5.69 Å². The molecule has 1 saturated heterocycles. The number of amides is 3. The number of nitrogen functional groups attached to an aromatic ring is 1. The molecule has 176 valence electrons. The molecular weight excluding hydrogens is 478 g/mol. The zero-order valence-corrected chi connectivity index (χ0v) is 18.7. The second-order valence-corrected chi connectivity index (χ2v) is 9.02. The van der Waals surface area contributed by atoms with Crippen molar-refractivity contribution in [2.24, 2.45) is 0 Å². The van der Waals surface area contributed by atoms with Crippen molar-refractivity contribution in [1.29, 1.82) is 0 Å².